The van der Waals surface area contributed by atoms with Crippen LogP contribution in [0.4, 0.5) is 0 Å². The van der Waals surface area contributed by atoms with Crippen LogP contribution in [0, 0.1) is 11.8 Å². The lowest BCUT2D eigenvalue weighted by molar-refractivity contribution is -0.161. The predicted octanol–water partition coefficient (Wildman–Crippen LogP) is 25.8. The van der Waals surface area contributed by atoms with Crippen LogP contribution in [-0.2, 0) is 65.4 Å². The molecule has 0 aliphatic carbocycles. The summed E-state index contributed by atoms with van der Waals surface area (Å²) in [5.74, 6) is -0.624. The highest BCUT2D eigenvalue weighted by Gasteiger charge is 2.30. The fourth-order valence-electron chi connectivity index (χ4n) is 13.2. The van der Waals surface area contributed by atoms with Crippen LogP contribution in [0.25, 0.3) is 0 Å². The summed E-state index contributed by atoms with van der Waals surface area (Å²) in [6, 6.07) is 0. The molecule has 0 saturated carbocycles. The molecule has 0 aliphatic rings. The normalized spacial score (nSPS) is 13.8. The first-order valence-corrected chi connectivity index (χ1v) is 47.0. The van der Waals surface area contributed by atoms with Crippen LogP contribution in [0.5, 0.6) is 0 Å². The first-order chi connectivity index (χ1) is 50.4. The molecule has 0 aromatic rings. The summed E-state index contributed by atoms with van der Waals surface area (Å²) >= 11 is 0. The largest absolute Gasteiger partial charge is 0.472 e. The predicted molar refractivity (Wildman–Crippen MR) is 428 cm³/mol. The Morgan fingerprint density at radius 3 is 0.654 bits per heavy atom. The second-order valence-corrected chi connectivity index (χ2v) is 34.4. The van der Waals surface area contributed by atoms with Gasteiger partial charge in [0.2, 0.25) is 0 Å². The SMILES string of the molecule is CCCCCCCCCCCCCCCCCCCCCCCCC(=O)O[C@H](COC(=O)CCCCCCCCCCCCCCCCCCC)COP(=O)(O)OC[C@@H](O)COP(=O)(O)OC[C@@H](COC(=O)CCCCCCCCCC(C)C)OC(=O)CCCCCCCCCCCCCCC(C)C. The number of aliphatic hydroxyl groups excluding tert-OH is 1. The van der Waals surface area contributed by atoms with Crippen LogP contribution < -0.4 is 0 Å². The standard InChI is InChI=1S/C85H166O17P2/c1-7-9-11-13-15-17-19-21-23-25-26-27-28-29-31-33-35-40-44-50-57-63-69-84(89)101-80(73-95-82(87)67-61-55-49-43-39-34-32-30-24-22-20-18-16-14-12-10-8-2)75-99-103(91,92)97-71-79(86)72-98-104(93,94)100-76-81(74-96-83(88)68-62-56-52-46-48-54-60-66-78(5)6)102-85(90)70-64-58-51-45-41-37-36-38-42-47-53-59-65-77(3)4/h77-81,86H,7-76H2,1-6H3,(H,91,92)(H,93,94)/t79-,80-,81-/m1/s1. The van der Waals surface area contributed by atoms with Crippen molar-refractivity contribution >= 4 is 39.5 Å². The van der Waals surface area contributed by atoms with Gasteiger partial charge in [0.25, 0.3) is 0 Å². The van der Waals surface area contributed by atoms with E-state index in [4.69, 9.17) is 37.0 Å². The number of hydrogen-bond donors (Lipinski definition) is 3. The Bertz CT molecular complexity index is 1990. The lowest BCUT2D eigenvalue weighted by atomic mass is 10.0. The molecule has 19 heteroatoms. The van der Waals surface area contributed by atoms with E-state index in [-0.39, 0.29) is 25.7 Å². The summed E-state index contributed by atoms with van der Waals surface area (Å²) < 4.78 is 68.8. The maximum absolute atomic E-state index is 13.1. The summed E-state index contributed by atoms with van der Waals surface area (Å²) in [7, 11) is -9.93. The minimum Gasteiger partial charge on any atom is -0.462 e. The number of rotatable bonds is 84. The van der Waals surface area contributed by atoms with Crippen LogP contribution in [0.3, 0.4) is 0 Å². The van der Waals surface area contributed by atoms with E-state index >= 15 is 0 Å². The average Bonchev–Trinajstić information content (AvgIpc) is 0.909. The van der Waals surface area contributed by atoms with E-state index in [9.17, 15) is 43.2 Å². The monoisotopic (exact) mass is 1520 g/mol. The molecule has 0 radical (unpaired) electrons. The van der Waals surface area contributed by atoms with Crippen LogP contribution in [0.2, 0.25) is 0 Å². The van der Waals surface area contributed by atoms with Gasteiger partial charge in [-0.05, 0) is 37.5 Å². The Labute approximate surface area is 638 Å². The first-order valence-electron chi connectivity index (χ1n) is 44.0. The summed E-state index contributed by atoms with van der Waals surface area (Å²) in [4.78, 5) is 73.1. The molecule has 0 aliphatic heterocycles. The van der Waals surface area contributed by atoms with Gasteiger partial charge in [0, 0.05) is 25.7 Å². The molecule has 0 rings (SSSR count). The number of carbonyl (C=O) groups excluding carboxylic acids is 4. The zero-order valence-electron chi connectivity index (χ0n) is 68.3. The number of unbranched alkanes of at least 4 members (excludes halogenated alkanes) is 54. The fraction of sp³-hybridized carbons (Fsp3) is 0.953. The first kappa shape index (κ1) is 102. The van der Waals surface area contributed by atoms with Crippen molar-refractivity contribution in [1.82, 2.24) is 0 Å². The lowest BCUT2D eigenvalue weighted by Gasteiger charge is -2.21. The van der Waals surface area contributed by atoms with Gasteiger partial charge in [-0.25, -0.2) is 9.13 Å². The van der Waals surface area contributed by atoms with Crippen molar-refractivity contribution in [3.05, 3.63) is 0 Å². The number of phosphoric acid groups is 2. The molecule has 5 atom stereocenters. The van der Waals surface area contributed by atoms with E-state index in [1.807, 2.05) is 0 Å². The van der Waals surface area contributed by atoms with Gasteiger partial charge >= 0.3 is 39.5 Å². The van der Waals surface area contributed by atoms with Gasteiger partial charge in [-0.15, -0.1) is 0 Å². The van der Waals surface area contributed by atoms with Crippen molar-refractivity contribution in [3.63, 3.8) is 0 Å². The van der Waals surface area contributed by atoms with Crippen molar-refractivity contribution in [2.75, 3.05) is 39.6 Å². The molecule has 0 heterocycles. The smallest absolute Gasteiger partial charge is 0.462 e. The number of hydrogen-bond acceptors (Lipinski definition) is 15. The van der Waals surface area contributed by atoms with Gasteiger partial charge in [-0.2, -0.15) is 0 Å². The average molecular weight is 1520 g/mol. The lowest BCUT2D eigenvalue weighted by Crippen LogP contribution is -2.30. The molecule has 0 fully saturated rings. The molecule has 0 bridgehead atoms. The van der Waals surface area contributed by atoms with Gasteiger partial charge in [0.05, 0.1) is 26.4 Å². The molecule has 0 aromatic carbocycles. The van der Waals surface area contributed by atoms with Gasteiger partial charge < -0.3 is 33.8 Å². The molecule has 0 spiro atoms. The zero-order valence-corrected chi connectivity index (χ0v) is 70.1. The van der Waals surface area contributed by atoms with Crippen LogP contribution >= 0.6 is 15.6 Å². The third-order valence-electron chi connectivity index (χ3n) is 20.0. The number of esters is 4. The van der Waals surface area contributed by atoms with Gasteiger partial charge in [-0.3, -0.25) is 37.3 Å². The molecular formula is C85H166O17P2. The van der Waals surface area contributed by atoms with Crippen molar-refractivity contribution in [2.24, 2.45) is 11.8 Å². The topological polar surface area (TPSA) is 237 Å². The second kappa shape index (κ2) is 76.4. The number of phosphoric ester groups is 2. The molecule has 3 N–H and O–H groups in total. The van der Waals surface area contributed by atoms with Crippen molar-refractivity contribution in [1.29, 1.82) is 0 Å². The maximum Gasteiger partial charge on any atom is 0.472 e. The Morgan fingerprint density at radius 2 is 0.442 bits per heavy atom. The highest BCUT2D eigenvalue weighted by molar-refractivity contribution is 7.47. The minimum atomic E-state index is -4.96. The second-order valence-electron chi connectivity index (χ2n) is 31.5. The van der Waals surface area contributed by atoms with Crippen LogP contribution in [0.1, 0.15) is 452 Å². The van der Waals surface area contributed by atoms with E-state index in [0.717, 1.165) is 102 Å². The van der Waals surface area contributed by atoms with Crippen molar-refractivity contribution < 1.29 is 80.2 Å². The van der Waals surface area contributed by atoms with Gasteiger partial charge in [0.1, 0.15) is 19.3 Å². The Kier molecular flexibility index (Phi) is 75.0. The van der Waals surface area contributed by atoms with Gasteiger partial charge in [0.15, 0.2) is 12.2 Å². The highest BCUT2D eigenvalue weighted by atomic mass is 31.2. The van der Waals surface area contributed by atoms with Crippen LogP contribution in [-0.4, -0.2) is 96.7 Å². The molecule has 0 aromatic heterocycles. The Balaban J connectivity index is 5.22. The van der Waals surface area contributed by atoms with Gasteiger partial charge in [-0.1, -0.05) is 401 Å². The third kappa shape index (κ3) is 78.2. The fourth-order valence-corrected chi connectivity index (χ4v) is 14.8. The van der Waals surface area contributed by atoms with Crippen molar-refractivity contribution in [2.45, 2.75) is 471 Å². The van der Waals surface area contributed by atoms with Crippen molar-refractivity contribution in [3.8, 4) is 0 Å². The summed E-state index contributed by atoms with van der Waals surface area (Å²) in [6.45, 7) is 9.61. The molecule has 0 saturated heterocycles. The quantitative estimate of drug-likeness (QED) is 0.0222. The van der Waals surface area contributed by atoms with E-state index in [1.54, 1.807) is 0 Å². The van der Waals surface area contributed by atoms with E-state index < -0.39 is 97.5 Å². The third-order valence-corrected chi connectivity index (χ3v) is 21.9. The van der Waals surface area contributed by atoms with E-state index in [1.165, 1.54) is 263 Å². The Morgan fingerprint density at radius 1 is 0.260 bits per heavy atom. The zero-order chi connectivity index (χ0) is 76.4. The molecule has 104 heavy (non-hydrogen) atoms. The summed E-state index contributed by atoms with van der Waals surface area (Å²) in [5.41, 5.74) is 0. The summed E-state index contributed by atoms with van der Waals surface area (Å²) in [6.07, 6.45) is 68.2. The molecule has 17 nitrogen and oxygen atoms in total. The molecule has 618 valence electrons. The number of carbonyl (C=O) groups is 4. The van der Waals surface area contributed by atoms with E-state index in [0.29, 0.717) is 31.6 Å². The van der Waals surface area contributed by atoms with E-state index in [2.05, 4.69) is 41.5 Å². The maximum atomic E-state index is 13.1. The summed E-state index contributed by atoms with van der Waals surface area (Å²) in [5, 5.41) is 10.7. The molecule has 0 amide bonds. The molecular weight excluding hydrogens is 1350 g/mol. The number of ether oxygens (including phenoxy) is 4. The van der Waals surface area contributed by atoms with Crippen LogP contribution in [0.15, 0.2) is 0 Å². The minimum absolute atomic E-state index is 0.106. The molecule has 2 unspecified atom stereocenters. The highest BCUT2D eigenvalue weighted by Crippen LogP contribution is 2.45. The Hall–Kier alpha value is -1.94. The number of aliphatic hydroxyl groups is 1.